The molecule has 0 spiro atoms. The summed E-state index contributed by atoms with van der Waals surface area (Å²) < 4.78 is 3.89. The van der Waals surface area contributed by atoms with Crippen molar-refractivity contribution in [3.8, 4) is 0 Å². The van der Waals surface area contributed by atoms with Crippen LogP contribution in [0.1, 0.15) is 17.1 Å². The molecule has 0 bridgehead atoms. The minimum absolute atomic E-state index is 0.0895. The molecule has 9 heteroatoms. The predicted molar refractivity (Wildman–Crippen MR) is 128 cm³/mol. The van der Waals surface area contributed by atoms with Crippen LogP contribution in [0.4, 0.5) is 5.69 Å². The molecule has 0 saturated carbocycles. The number of carbonyl (C=O) groups excluding carboxylic acids is 1. The Bertz CT molecular complexity index is 1460. The zero-order chi connectivity index (χ0) is 22.8. The highest BCUT2D eigenvalue weighted by Crippen LogP contribution is 2.24. The van der Waals surface area contributed by atoms with Crippen molar-refractivity contribution in [1.29, 1.82) is 0 Å². The Balaban J connectivity index is 1.40. The molecule has 5 rings (SSSR count). The van der Waals surface area contributed by atoms with Crippen LogP contribution in [0.15, 0.2) is 66.2 Å². The van der Waals surface area contributed by atoms with E-state index in [0.717, 1.165) is 45.9 Å². The molecule has 3 heterocycles. The van der Waals surface area contributed by atoms with E-state index in [1.165, 1.54) is 11.8 Å². The van der Waals surface area contributed by atoms with Gasteiger partial charge in [-0.2, -0.15) is 4.52 Å². The molecular formula is C24H24N7OS+. The minimum Gasteiger partial charge on any atom is -0.325 e. The van der Waals surface area contributed by atoms with Gasteiger partial charge >= 0.3 is 0 Å². The second-order valence-electron chi connectivity index (χ2n) is 7.91. The van der Waals surface area contributed by atoms with Gasteiger partial charge in [-0.05, 0) is 36.8 Å². The molecule has 1 amide bonds. The van der Waals surface area contributed by atoms with Crippen molar-refractivity contribution in [2.75, 3.05) is 11.1 Å². The van der Waals surface area contributed by atoms with E-state index in [2.05, 4.69) is 21.8 Å². The van der Waals surface area contributed by atoms with Crippen molar-refractivity contribution in [3.05, 3.63) is 78.1 Å². The number of benzene rings is 2. The number of hydrogen-bond acceptors (Lipinski definition) is 5. The molecule has 2 N–H and O–H groups in total. The zero-order valence-corrected chi connectivity index (χ0v) is 19.3. The summed E-state index contributed by atoms with van der Waals surface area (Å²) in [7, 11) is 0. The molecule has 0 radical (unpaired) electrons. The number of carbonyl (C=O) groups is 1. The van der Waals surface area contributed by atoms with E-state index in [0.29, 0.717) is 11.6 Å². The fourth-order valence-corrected chi connectivity index (χ4v) is 4.46. The Labute approximate surface area is 195 Å². The van der Waals surface area contributed by atoms with Gasteiger partial charge in [0.25, 0.3) is 0 Å². The molecule has 5 aromatic rings. The summed E-state index contributed by atoms with van der Waals surface area (Å²) >= 11 is 1.36. The van der Waals surface area contributed by atoms with Crippen LogP contribution in [-0.4, -0.2) is 36.2 Å². The number of aromatic amines is 1. The highest BCUT2D eigenvalue weighted by Gasteiger charge is 2.16. The van der Waals surface area contributed by atoms with Crippen molar-refractivity contribution in [2.24, 2.45) is 0 Å². The molecule has 3 aromatic heterocycles. The van der Waals surface area contributed by atoms with Gasteiger partial charge in [0.1, 0.15) is 11.9 Å². The summed E-state index contributed by atoms with van der Waals surface area (Å²) in [5, 5.41) is 9.26. The van der Waals surface area contributed by atoms with Crippen LogP contribution in [0.25, 0.3) is 16.6 Å². The van der Waals surface area contributed by atoms with Gasteiger partial charge in [0.2, 0.25) is 12.2 Å². The number of fused-ring (bicyclic) bond motifs is 3. The molecular weight excluding hydrogens is 434 g/mol. The quantitative estimate of drug-likeness (QED) is 0.221. The number of nitrogens with one attached hydrogen (secondary N) is 2. The number of amides is 1. The Morgan fingerprint density at radius 1 is 1.15 bits per heavy atom. The average Bonchev–Trinajstić information content (AvgIpc) is 3.42. The predicted octanol–water partition coefficient (Wildman–Crippen LogP) is 3.48. The monoisotopic (exact) mass is 458 g/mol. The summed E-state index contributed by atoms with van der Waals surface area (Å²) in [6, 6.07) is 15.6. The van der Waals surface area contributed by atoms with E-state index in [1.807, 2.05) is 68.0 Å². The van der Waals surface area contributed by atoms with Crippen LogP contribution in [0, 0.1) is 13.8 Å². The molecule has 0 saturated heterocycles. The molecule has 33 heavy (non-hydrogen) atoms. The standard InChI is InChI=1S/C24H23N7OS/c1-16-6-5-7-18(12-16)26-22(32)14-33-24-27-20-9-4-3-8-19(20)23-28-21(29-31(23)24)10-11-30-15-25-13-17(30)2/h3-9,12-13,15H,10-11,14H2,1-2H3,(H,26,32)/p+1. The minimum atomic E-state index is -0.0895. The summed E-state index contributed by atoms with van der Waals surface area (Å²) in [6.07, 6.45) is 4.60. The van der Waals surface area contributed by atoms with Crippen LogP contribution >= 0.6 is 11.8 Å². The van der Waals surface area contributed by atoms with Crippen LogP contribution < -0.4 is 9.88 Å². The second kappa shape index (κ2) is 9.03. The molecule has 0 aliphatic carbocycles. The summed E-state index contributed by atoms with van der Waals surface area (Å²) in [6.45, 7) is 4.83. The lowest BCUT2D eigenvalue weighted by Crippen LogP contribution is -2.35. The number of nitrogens with zero attached hydrogens (tertiary/aromatic N) is 5. The van der Waals surface area contributed by atoms with E-state index in [4.69, 9.17) is 15.1 Å². The van der Waals surface area contributed by atoms with Crippen molar-refractivity contribution < 1.29 is 9.36 Å². The lowest BCUT2D eigenvalue weighted by molar-refractivity contribution is -0.700. The van der Waals surface area contributed by atoms with E-state index >= 15 is 0 Å². The first-order chi connectivity index (χ1) is 16.1. The van der Waals surface area contributed by atoms with Gasteiger partial charge in [-0.1, -0.05) is 36.0 Å². The fraction of sp³-hybridized carbons (Fsp3) is 0.208. The lowest BCUT2D eigenvalue weighted by atomic mass is 10.2. The van der Waals surface area contributed by atoms with Gasteiger partial charge in [-0.3, -0.25) is 4.79 Å². The van der Waals surface area contributed by atoms with E-state index in [-0.39, 0.29) is 11.7 Å². The third-order valence-electron chi connectivity index (χ3n) is 5.38. The third kappa shape index (κ3) is 4.58. The Morgan fingerprint density at radius 2 is 2.03 bits per heavy atom. The fourth-order valence-electron chi connectivity index (χ4n) is 3.72. The molecule has 8 nitrogen and oxygen atoms in total. The SMILES string of the molecule is Cc1cccc(NC(=O)CSc2nc3ccccc3c3nc(CC[n+]4c[nH]cc4C)nn23)c1. The first-order valence-electron chi connectivity index (χ1n) is 10.7. The highest BCUT2D eigenvalue weighted by atomic mass is 32.2. The number of H-pyrrole nitrogens is 1. The first-order valence-corrected chi connectivity index (χ1v) is 11.7. The summed E-state index contributed by atoms with van der Waals surface area (Å²) in [5.41, 5.74) is 4.63. The number of aryl methyl sites for hydroxylation is 4. The number of imidazole rings is 1. The number of aromatic nitrogens is 6. The zero-order valence-electron chi connectivity index (χ0n) is 18.4. The lowest BCUT2D eigenvalue weighted by Gasteiger charge is -2.07. The Kier molecular flexibility index (Phi) is 5.78. The molecule has 0 aliphatic heterocycles. The van der Waals surface area contributed by atoms with Crippen molar-refractivity contribution in [3.63, 3.8) is 0 Å². The molecule has 0 fully saturated rings. The van der Waals surface area contributed by atoms with Crippen LogP contribution in [0.3, 0.4) is 0 Å². The molecule has 2 aromatic carbocycles. The average molecular weight is 459 g/mol. The maximum atomic E-state index is 12.6. The van der Waals surface area contributed by atoms with E-state index in [9.17, 15) is 4.79 Å². The van der Waals surface area contributed by atoms with Gasteiger partial charge in [-0.15, -0.1) is 5.10 Å². The van der Waals surface area contributed by atoms with Gasteiger partial charge in [0.05, 0.1) is 17.8 Å². The largest absolute Gasteiger partial charge is 0.325 e. The van der Waals surface area contributed by atoms with Gasteiger partial charge in [-0.25, -0.2) is 19.5 Å². The number of thioether (sulfide) groups is 1. The summed E-state index contributed by atoms with van der Waals surface area (Å²) in [4.78, 5) is 25.2. The first kappa shape index (κ1) is 21.1. The Hall–Kier alpha value is -3.72. The number of anilines is 1. The molecule has 0 aliphatic rings. The third-order valence-corrected chi connectivity index (χ3v) is 6.31. The maximum Gasteiger partial charge on any atom is 0.241 e. The van der Waals surface area contributed by atoms with Crippen LogP contribution in [0.2, 0.25) is 0 Å². The van der Waals surface area contributed by atoms with Crippen LogP contribution in [-0.2, 0) is 17.8 Å². The number of hydrogen-bond donors (Lipinski definition) is 2. The smallest absolute Gasteiger partial charge is 0.241 e. The highest BCUT2D eigenvalue weighted by molar-refractivity contribution is 7.99. The van der Waals surface area contributed by atoms with Crippen molar-refractivity contribution >= 4 is 39.9 Å². The van der Waals surface area contributed by atoms with Gasteiger partial charge in [0.15, 0.2) is 16.6 Å². The molecule has 166 valence electrons. The summed E-state index contributed by atoms with van der Waals surface area (Å²) in [5.74, 6) is 0.878. The van der Waals surface area contributed by atoms with E-state index in [1.54, 1.807) is 4.52 Å². The maximum absolute atomic E-state index is 12.6. The number of rotatable bonds is 7. The topological polar surface area (TPSA) is 91.9 Å². The van der Waals surface area contributed by atoms with Crippen molar-refractivity contribution in [1.82, 2.24) is 24.6 Å². The van der Waals surface area contributed by atoms with Crippen molar-refractivity contribution in [2.45, 2.75) is 32.0 Å². The molecule has 0 unspecified atom stereocenters. The Morgan fingerprint density at radius 3 is 2.85 bits per heavy atom. The second-order valence-corrected chi connectivity index (χ2v) is 8.85. The normalized spacial score (nSPS) is 11.3. The van der Waals surface area contributed by atoms with Gasteiger partial charge in [0, 0.05) is 24.4 Å². The van der Waals surface area contributed by atoms with Crippen LogP contribution in [0.5, 0.6) is 0 Å². The van der Waals surface area contributed by atoms with Gasteiger partial charge < -0.3 is 5.32 Å². The molecule has 0 atom stereocenters. The number of para-hydroxylation sites is 1. The van der Waals surface area contributed by atoms with E-state index < -0.39 is 0 Å².